The second-order valence-electron chi connectivity index (χ2n) is 5.05. The van der Waals surface area contributed by atoms with Crippen molar-refractivity contribution in [3.63, 3.8) is 0 Å². The second kappa shape index (κ2) is 8.57. The maximum atomic E-state index is 4.21. The number of nitrogens with zero attached hydrogens (tertiary/aromatic N) is 1. The Morgan fingerprint density at radius 3 is 2.90 bits per heavy atom. The third kappa shape index (κ3) is 5.46. The normalized spacial score (nSPS) is 12.3. The van der Waals surface area contributed by atoms with Gasteiger partial charge in [0.15, 0.2) is 0 Å². The molecule has 1 unspecified atom stereocenters. The number of benzene rings is 1. The zero-order valence-corrected chi connectivity index (χ0v) is 14.9. The molecule has 1 N–H and O–H groups in total. The van der Waals surface area contributed by atoms with Gasteiger partial charge in [-0.1, -0.05) is 19.1 Å². The molecular weight excluding hydrogens is 344 g/mol. The van der Waals surface area contributed by atoms with Gasteiger partial charge in [0.1, 0.15) is 0 Å². The van der Waals surface area contributed by atoms with Gasteiger partial charge in [-0.15, -0.1) is 11.8 Å². The molecule has 0 radical (unpaired) electrons. The quantitative estimate of drug-likeness (QED) is 0.683. The number of halogens is 1. The highest BCUT2D eigenvalue weighted by Crippen LogP contribution is 2.26. The maximum absolute atomic E-state index is 4.21. The summed E-state index contributed by atoms with van der Waals surface area (Å²) >= 11 is 5.31. The van der Waals surface area contributed by atoms with Crippen molar-refractivity contribution in [3.8, 4) is 0 Å². The Morgan fingerprint density at radius 1 is 1.29 bits per heavy atom. The van der Waals surface area contributed by atoms with Gasteiger partial charge in [-0.05, 0) is 65.1 Å². The van der Waals surface area contributed by atoms with E-state index in [2.05, 4.69) is 70.4 Å². The lowest BCUT2D eigenvalue weighted by Gasteiger charge is -2.14. The van der Waals surface area contributed by atoms with Gasteiger partial charge in [0, 0.05) is 33.6 Å². The Morgan fingerprint density at radius 2 is 2.14 bits per heavy atom. The maximum Gasteiger partial charge on any atom is 0.0410 e. The fraction of sp³-hybridized carbons (Fsp3) is 0.353. The van der Waals surface area contributed by atoms with Crippen LogP contribution in [0.5, 0.6) is 0 Å². The molecule has 0 aliphatic rings. The largest absolute Gasteiger partial charge is 0.310 e. The van der Waals surface area contributed by atoms with E-state index in [0.29, 0.717) is 6.04 Å². The van der Waals surface area contributed by atoms with Gasteiger partial charge in [0.05, 0.1) is 0 Å². The van der Waals surface area contributed by atoms with Crippen LogP contribution in [0.1, 0.15) is 37.4 Å². The van der Waals surface area contributed by atoms with Gasteiger partial charge in [0.2, 0.25) is 0 Å². The Hall–Kier alpha value is -0.840. The van der Waals surface area contributed by atoms with Crippen LogP contribution < -0.4 is 5.32 Å². The number of rotatable bonds is 7. The van der Waals surface area contributed by atoms with Crippen LogP contribution in [0.4, 0.5) is 0 Å². The van der Waals surface area contributed by atoms with Gasteiger partial charge in [-0.25, -0.2) is 0 Å². The van der Waals surface area contributed by atoms with Crippen molar-refractivity contribution in [1.29, 1.82) is 0 Å². The van der Waals surface area contributed by atoms with E-state index < -0.39 is 0 Å². The lowest BCUT2D eigenvalue weighted by atomic mass is 10.1. The first-order chi connectivity index (χ1) is 10.2. The Kier molecular flexibility index (Phi) is 6.74. The predicted molar refractivity (Wildman–Crippen MR) is 94.6 cm³/mol. The minimum absolute atomic E-state index is 0.401. The molecule has 2 rings (SSSR count). The Labute approximate surface area is 139 Å². The molecule has 0 fully saturated rings. The van der Waals surface area contributed by atoms with Crippen LogP contribution >= 0.6 is 27.7 Å². The first-order valence-electron chi connectivity index (χ1n) is 7.24. The molecular formula is C17H21BrN2S. The molecule has 21 heavy (non-hydrogen) atoms. The van der Waals surface area contributed by atoms with E-state index >= 15 is 0 Å². The van der Waals surface area contributed by atoms with E-state index in [9.17, 15) is 0 Å². The molecule has 1 aromatic carbocycles. The summed E-state index contributed by atoms with van der Waals surface area (Å²) in [4.78, 5) is 5.51. The van der Waals surface area contributed by atoms with Crippen molar-refractivity contribution in [2.45, 2.75) is 37.0 Å². The van der Waals surface area contributed by atoms with Crippen LogP contribution in [0.25, 0.3) is 0 Å². The number of thioether (sulfide) groups is 1. The molecule has 4 heteroatoms. The van der Waals surface area contributed by atoms with Gasteiger partial charge < -0.3 is 5.32 Å². The van der Waals surface area contributed by atoms with Gasteiger partial charge >= 0.3 is 0 Å². The minimum atomic E-state index is 0.401. The monoisotopic (exact) mass is 364 g/mol. The Balaban J connectivity index is 1.97. The highest BCUT2D eigenvalue weighted by molar-refractivity contribution is 9.10. The average molecular weight is 365 g/mol. The van der Waals surface area contributed by atoms with E-state index in [-0.39, 0.29) is 0 Å². The molecule has 0 spiro atoms. The van der Waals surface area contributed by atoms with Crippen molar-refractivity contribution < 1.29 is 0 Å². The lowest BCUT2D eigenvalue weighted by molar-refractivity contribution is 0.570. The summed E-state index contributed by atoms with van der Waals surface area (Å²) < 4.78 is 1.03. The van der Waals surface area contributed by atoms with Crippen molar-refractivity contribution in [2.24, 2.45) is 0 Å². The number of nitrogens with one attached hydrogen (secondary N) is 1. The molecule has 0 aliphatic carbocycles. The summed E-state index contributed by atoms with van der Waals surface area (Å²) in [7, 11) is 0. The third-order valence-electron chi connectivity index (χ3n) is 3.23. The molecule has 0 aliphatic heterocycles. The SMILES string of the molecule is CCCNC(C)c1cccc(SCc2cncc(Br)c2)c1. The van der Waals surface area contributed by atoms with Crippen LogP contribution in [-0.4, -0.2) is 11.5 Å². The fourth-order valence-electron chi connectivity index (χ4n) is 2.05. The van der Waals surface area contributed by atoms with E-state index in [1.165, 1.54) is 16.0 Å². The van der Waals surface area contributed by atoms with Gasteiger partial charge in [-0.2, -0.15) is 0 Å². The van der Waals surface area contributed by atoms with Gasteiger partial charge in [0.25, 0.3) is 0 Å². The topological polar surface area (TPSA) is 24.9 Å². The molecule has 2 nitrogen and oxygen atoms in total. The van der Waals surface area contributed by atoms with E-state index in [4.69, 9.17) is 0 Å². The van der Waals surface area contributed by atoms with Crippen LogP contribution in [0, 0.1) is 0 Å². The molecule has 1 heterocycles. The molecule has 0 amide bonds. The first kappa shape index (κ1) is 16.5. The summed E-state index contributed by atoms with van der Waals surface area (Å²) in [6.45, 7) is 5.47. The predicted octanol–water partition coefficient (Wildman–Crippen LogP) is 5.20. The summed E-state index contributed by atoms with van der Waals surface area (Å²) in [5.74, 6) is 0.937. The van der Waals surface area contributed by atoms with E-state index in [1.807, 2.05) is 24.2 Å². The molecule has 1 aromatic heterocycles. The highest BCUT2D eigenvalue weighted by Gasteiger charge is 2.05. The van der Waals surface area contributed by atoms with Crippen LogP contribution in [0.15, 0.2) is 52.1 Å². The number of aromatic nitrogens is 1. The molecule has 0 saturated carbocycles. The van der Waals surface area contributed by atoms with Crippen molar-refractivity contribution in [1.82, 2.24) is 10.3 Å². The molecule has 0 bridgehead atoms. The lowest BCUT2D eigenvalue weighted by Crippen LogP contribution is -2.19. The molecule has 112 valence electrons. The summed E-state index contributed by atoms with van der Waals surface area (Å²) in [6, 6.07) is 11.3. The van der Waals surface area contributed by atoms with E-state index in [0.717, 1.165) is 23.2 Å². The third-order valence-corrected chi connectivity index (χ3v) is 4.72. The minimum Gasteiger partial charge on any atom is -0.310 e. The van der Waals surface area contributed by atoms with Crippen LogP contribution in [-0.2, 0) is 5.75 Å². The van der Waals surface area contributed by atoms with Crippen molar-refractivity contribution in [2.75, 3.05) is 6.54 Å². The van der Waals surface area contributed by atoms with Crippen LogP contribution in [0.2, 0.25) is 0 Å². The zero-order chi connectivity index (χ0) is 15.1. The molecule has 0 saturated heterocycles. The van der Waals surface area contributed by atoms with Gasteiger partial charge in [-0.3, -0.25) is 4.98 Å². The summed E-state index contributed by atoms with van der Waals surface area (Å²) in [6.07, 6.45) is 4.90. The van der Waals surface area contributed by atoms with Crippen LogP contribution in [0.3, 0.4) is 0 Å². The first-order valence-corrected chi connectivity index (χ1v) is 9.02. The average Bonchev–Trinajstić information content (AvgIpc) is 2.51. The molecule has 1 atom stereocenters. The van der Waals surface area contributed by atoms with Crippen molar-refractivity contribution in [3.05, 3.63) is 58.3 Å². The van der Waals surface area contributed by atoms with E-state index in [1.54, 1.807) is 0 Å². The fourth-order valence-corrected chi connectivity index (χ4v) is 3.35. The summed E-state index contributed by atoms with van der Waals surface area (Å²) in [5.41, 5.74) is 2.58. The number of hydrogen-bond donors (Lipinski definition) is 1. The second-order valence-corrected chi connectivity index (χ2v) is 7.01. The number of hydrogen-bond acceptors (Lipinski definition) is 3. The Bertz CT molecular complexity index is 574. The smallest absolute Gasteiger partial charge is 0.0410 e. The highest BCUT2D eigenvalue weighted by atomic mass is 79.9. The summed E-state index contributed by atoms with van der Waals surface area (Å²) in [5, 5.41) is 3.53. The van der Waals surface area contributed by atoms with Crippen molar-refractivity contribution >= 4 is 27.7 Å². The zero-order valence-electron chi connectivity index (χ0n) is 12.5. The number of pyridine rings is 1. The molecule has 2 aromatic rings. The standard InChI is InChI=1S/C17H21BrN2S/c1-3-7-20-13(2)15-5-4-6-17(9-15)21-12-14-8-16(18)11-19-10-14/h4-6,8-11,13,20H,3,7,12H2,1-2H3.